The summed E-state index contributed by atoms with van der Waals surface area (Å²) in [5.41, 5.74) is 7.58. The molecule has 3 nitrogen and oxygen atoms in total. The van der Waals surface area contributed by atoms with E-state index in [0.717, 1.165) is 58.5 Å². The summed E-state index contributed by atoms with van der Waals surface area (Å²) < 4.78 is 6.06. The summed E-state index contributed by atoms with van der Waals surface area (Å²) in [5, 5.41) is 1.21. The van der Waals surface area contributed by atoms with E-state index in [1.807, 2.05) is 36.7 Å². The van der Waals surface area contributed by atoms with Crippen molar-refractivity contribution >= 4 is 29.3 Å². The van der Waals surface area contributed by atoms with Gasteiger partial charge in [-0.2, -0.15) is 0 Å². The number of ether oxygens (including phenoxy) is 1. The summed E-state index contributed by atoms with van der Waals surface area (Å²) in [5.74, 6) is 0.906. The van der Waals surface area contributed by atoms with Crippen molar-refractivity contribution in [2.24, 2.45) is 4.99 Å². The number of para-hydroxylation sites is 1. The lowest BCUT2D eigenvalue weighted by molar-refractivity contribution is 0.347. The second kappa shape index (κ2) is 11.8. The van der Waals surface area contributed by atoms with Gasteiger partial charge in [-0.1, -0.05) is 91.9 Å². The largest absolute Gasteiger partial charge is 0.487 e. The smallest absolute Gasteiger partial charge is 0.130 e. The molecule has 0 radical (unpaired) electrons. The maximum Gasteiger partial charge on any atom is 0.130 e. The number of hydrogen-bond donors (Lipinski definition) is 1. The predicted molar refractivity (Wildman–Crippen MR) is 151 cm³/mol. The van der Waals surface area contributed by atoms with Crippen LogP contribution < -0.4 is 4.74 Å². The summed E-state index contributed by atoms with van der Waals surface area (Å²) in [6.07, 6.45) is 20.9. The Balaban J connectivity index is 1.33. The lowest BCUT2D eigenvalue weighted by Crippen LogP contribution is -2.02. The van der Waals surface area contributed by atoms with Crippen LogP contribution in [0.4, 0.5) is 0 Å². The molecule has 0 atom stereocenters. The molecule has 0 saturated carbocycles. The van der Waals surface area contributed by atoms with Gasteiger partial charge < -0.3 is 9.72 Å². The summed E-state index contributed by atoms with van der Waals surface area (Å²) in [7, 11) is 0. The van der Waals surface area contributed by atoms with Crippen molar-refractivity contribution in [3.8, 4) is 5.75 Å². The number of allylic oxidation sites excluding steroid dienone is 7. The molecule has 35 heavy (non-hydrogen) atoms. The predicted octanol–water partition coefficient (Wildman–Crippen LogP) is 8.25. The summed E-state index contributed by atoms with van der Waals surface area (Å²) >= 11 is 0. The van der Waals surface area contributed by atoms with Crippen LogP contribution in [0, 0.1) is 0 Å². The van der Waals surface area contributed by atoms with E-state index in [0.29, 0.717) is 6.61 Å². The summed E-state index contributed by atoms with van der Waals surface area (Å²) in [4.78, 5) is 7.74. The van der Waals surface area contributed by atoms with Crippen molar-refractivity contribution in [1.29, 1.82) is 0 Å². The van der Waals surface area contributed by atoms with E-state index in [4.69, 9.17) is 4.74 Å². The molecule has 2 heterocycles. The minimum absolute atomic E-state index is 0.466. The first-order chi connectivity index (χ1) is 17.1. The lowest BCUT2D eigenvalue weighted by Gasteiger charge is -2.11. The Hall–Kier alpha value is -4.11. The van der Waals surface area contributed by atoms with Gasteiger partial charge in [-0.05, 0) is 53.8 Å². The molecule has 0 unspecified atom stereocenters. The molecule has 0 aliphatic carbocycles. The topological polar surface area (TPSA) is 37.4 Å². The van der Waals surface area contributed by atoms with E-state index in [9.17, 15) is 0 Å². The van der Waals surface area contributed by atoms with Crippen molar-refractivity contribution in [3.05, 3.63) is 126 Å². The van der Waals surface area contributed by atoms with Crippen LogP contribution in [-0.4, -0.2) is 17.8 Å². The Kier molecular flexibility index (Phi) is 8.13. The SMILES string of the molecule is C=C(/C=C/c1ccc(OCC2=CC=CCC=N2)c(CC)c1)CC(=C)/C=C/c1c[nH]c2ccccc12. The highest BCUT2D eigenvalue weighted by Crippen LogP contribution is 2.24. The minimum Gasteiger partial charge on any atom is -0.487 e. The van der Waals surface area contributed by atoms with Crippen LogP contribution in [0.2, 0.25) is 0 Å². The van der Waals surface area contributed by atoms with E-state index >= 15 is 0 Å². The number of hydrogen-bond acceptors (Lipinski definition) is 2. The van der Waals surface area contributed by atoms with E-state index in [2.05, 4.69) is 90.8 Å². The number of aromatic nitrogens is 1. The Morgan fingerprint density at radius 3 is 2.77 bits per heavy atom. The molecular weight excluding hydrogens is 428 g/mol. The molecule has 0 bridgehead atoms. The van der Waals surface area contributed by atoms with E-state index < -0.39 is 0 Å². The number of nitrogens with one attached hydrogen (secondary N) is 1. The number of aryl methyl sites for hydroxylation is 1. The Bertz CT molecular complexity index is 1360. The number of fused-ring (bicyclic) bond motifs is 1. The second-order valence-corrected chi connectivity index (χ2v) is 8.59. The van der Waals surface area contributed by atoms with Crippen LogP contribution in [0.5, 0.6) is 5.75 Å². The minimum atomic E-state index is 0.466. The van der Waals surface area contributed by atoms with Gasteiger partial charge >= 0.3 is 0 Å². The molecule has 0 amide bonds. The second-order valence-electron chi connectivity index (χ2n) is 8.59. The molecule has 3 heteroatoms. The number of aliphatic imine (C=N–C) groups is 1. The van der Waals surface area contributed by atoms with Gasteiger partial charge in [0.1, 0.15) is 12.4 Å². The molecule has 0 saturated heterocycles. The number of aromatic amines is 1. The third-order valence-corrected chi connectivity index (χ3v) is 5.85. The van der Waals surface area contributed by atoms with E-state index in [1.54, 1.807) is 0 Å². The molecule has 2 aromatic carbocycles. The average molecular weight is 461 g/mol. The standard InChI is InChI=1S/C32H32N2O/c1-4-27-21-26(16-18-32(27)35-23-29-10-6-5-9-19-33-29)15-13-24(2)20-25(3)14-17-28-22-34-31-12-8-7-11-30(28)31/h5-8,10-19,21-22,34H,2-4,9,20,23H2,1H3/b15-13+,17-14+. The molecule has 0 fully saturated rings. The highest BCUT2D eigenvalue weighted by molar-refractivity contribution is 5.89. The van der Waals surface area contributed by atoms with E-state index in [1.165, 1.54) is 10.9 Å². The van der Waals surface area contributed by atoms with Crippen molar-refractivity contribution < 1.29 is 4.74 Å². The molecule has 1 aliphatic heterocycles. The van der Waals surface area contributed by atoms with Gasteiger partial charge in [-0.3, -0.25) is 4.99 Å². The molecular formula is C32H32N2O. The Morgan fingerprint density at radius 1 is 1.09 bits per heavy atom. The highest BCUT2D eigenvalue weighted by Gasteiger charge is 2.05. The third-order valence-electron chi connectivity index (χ3n) is 5.85. The fourth-order valence-electron chi connectivity index (χ4n) is 3.95. The zero-order valence-corrected chi connectivity index (χ0v) is 20.3. The van der Waals surface area contributed by atoms with Crippen LogP contribution >= 0.6 is 0 Å². The maximum absolute atomic E-state index is 6.06. The van der Waals surface area contributed by atoms with E-state index in [-0.39, 0.29) is 0 Å². The zero-order chi connectivity index (χ0) is 24.5. The quantitative estimate of drug-likeness (QED) is 0.304. The van der Waals surface area contributed by atoms with Crippen molar-refractivity contribution in [3.63, 3.8) is 0 Å². The van der Waals surface area contributed by atoms with Gasteiger partial charge in [0, 0.05) is 29.7 Å². The van der Waals surface area contributed by atoms with Crippen LogP contribution in [0.1, 0.15) is 36.5 Å². The summed E-state index contributed by atoms with van der Waals surface area (Å²) in [6, 6.07) is 14.6. The maximum atomic E-state index is 6.06. The van der Waals surface area contributed by atoms with Crippen LogP contribution in [0.25, 0.3) is 23.1 Å². The molecule has 4 rings (SSSR count). The number of rotatable bonds is 10. The normalized spacial score (nSPS) is 13.5. The summed E-state index contributed by atoms with van der Waals surface area (Å²) in [6.45, 7) is 11.0. The van der Waals surface area contributed by atoms with Crippen LogP contribution in [-0.2, 0) is 6.42 Å². The third kappa shape index (κ3) is 6.70. The first-order valence-corrected chi connectivity index (χ1v) is 12.0. The monoisotopic (exact) mass is 460 g/mol. The van der Waals surface area contributed by atoms with Crippen LogP contribution in [0.3, 0.4) is 0 Å². The van der Waals surface area contributed by atoms with Crippen molar-refractivity contribution in [1.82, 2.24) is 4.98 Å². The molecule has 3 aromatic rings. The zero-order valence-electron chi connectivity index (χ0n) is 20.3. The molecule has 1 aliphatic rings. The molecule has 1 aromatic heterocycles. The van der Waals surface area contributed by atoms with Gasteiger partial charge in [0.2, 0.25) is 0 Å². The van der Waals surface area contributed by atoms with Gasteiger partial charge in [0.15, 0.2) is 0 Å². The van der Waals surface area contributed by atoms with Gasteiger partial charge in [-0.25, -0.2) is 0 Å². The Labute approximate surface area is 208 Å². The van der Waals surface area contributed by atoms with Crippen LogP contribution in [0.15, 0.2) is 114 Å². The number of benzene rings is 2. The first-order valence-electron chi connectivity index (χ1n) is 12.0. The van der Waals surface area contributed by atoms with Gasteiger partial charge in [0.25, 0.3) is 0 Å². The average Bonchev–Trinajstić information content (AvgIpc) is 3.10. The van der Waals surface area contributed by atoms with Gasteiger partial charge in [-0.15, -0.1) is 0 Å². The molecule has 176 valence electrons. The fourth-order valence-corrected chi connectivity index (χ4v) is 3.95. The van der Waals surface area contributed by atoms with Crippen molar-refractivity contribution in [2.45, 2.75) is 26.2 Å². The van der Waals surface area contributed by atoms with Crippen molar-refractivity contribution in [2.75, 3.05) is 6.61 Å². The lowest BCUT2D eigenvalue weighted by atomic mass is 10.0. The molecule has 1 N–H and O–H groups in total. The highest BCUT2D eigenvalue weighted by atomic mass is 16.5. The first kappa shape index (κ1) is 24.0. The van der Waals surface area contributed by atoms with Gasteiger partial charge in [0.05, 0.1) is 5.70 Å². The Morgan fingerprint density at radius 2 is 1.91 bits per heavy atom. The number of H-pyrrole nitrogens is 1. The fraction of sp³-hybridized carbons (Fsp3) is 0.156. The number of nitrogens with zero attached hydrogens (tertiary/aromatic N) is 1. The molecule has 0 spiro atoms.